The number of rotatable bonds is 57. The SMILES string of the molecule is CC/C=C\C/C=C\C/C=C\C/C=C\CCCCCCCCCCCCCCCCCCCCC(=O)OC(CO)COC(=O)CCCCCCCCCCCCCC/C=C\C/C=C\C/C=C\CCCCCCC. The molecule has 0 radical (unpaired) electrons. The van der Waals surface area contributed by atoms with Gasteiger partial charge in [0.15, 0.2) is 6.10 Å². The van der Waals surface area contributed by atoms with Gasteiger partial charge in [0.1, 0.15) is 6.61 Å². The van der Waals surface area contributed by atoms with Gasteiger partial charge < -0.3 is 14.6 Å². The van der Waals surface area contributed by atoms with Crippen molar-refractivity contribution in [3.63, 3.8) is 0 Å². The van der Waals surface area contributed by atoms with Crippen molar-refractivity contribution < 1.29 is 24.2 Å². The van der Waals surface area contributed by atoms with Gasteiger partial charge in [-0.1, -0.05) is 292 Å². The van der Waals surface area contributed by atoms with E-state index in [0.717, 1.165) is 77.0 Å². The van der Waals surface area contributed by atoms with Crippen LogP contribution in [0.2, 0.25) is 0 Å². The molecule has 0 aliphatic heterocycles. The summed E-state index contributed by atoms with van der Waals surface area (Å²) in [5.74, 6) is -0.582. The molecule has 0 rings (SSSR count). The molecule has 0 saturated heterocycles. The molecule has 0 bridgehead atoms. The molecule has 0 spiro atoms. The van der Waals surface area contributed by atoms with E-state index in [0.29, 0.717) is 12.8 Å². The van der Waals surface area contributed by atoms with E-state index < -0.39 is 6.10 Å². The van der Waals surface area contributed by atoms with Crippen LogP contribution in [0.3, 0.4) is 0 Å². The van der Waals surface area contributed by atoms with Gasteiger partial charge >= 0.3 is 11.9 Å². The molecule has 0 saturated carbocycles. The average Bonchev–Trinajstić information content (AvgIpc) is 3.38. The minimum Gasteiger partial charge on any atom is -0.462 e. The number of hydrogen-bond donors (Lipinski definition) is 1. The lowest BCUT2D eigenvalue weighted by Crippen LogP contribution is -2.28. The summed E-state index contributed by atoms with van der Waals surface area (Å²) >= 11 is 0. The molecule has 0 aliphatic rings. The molecule has 0 amide bonds. The Kier molecular flexibility index (Phi) is 59.8. The van der Waals surface area contributed by atoms with Crippen LogP contribution in [-0.4, -0.2) is 36.4 Å². The van der Waals surface area contributed by atoms with Crippen molar-refractivity contribution >= 4 is 11.9 Å². The Labute approximate surface area is 447 Å². The first kappa shape index (κ1) is 69.1. The van der Waals surface area contributed by atoms with Crippen LogP contribution in [0.1, 0.15) is 309 Å². The summed E-state index contributed by atoms with van der Waals surface area (Å²) in [7, 11) is 0. The molecule has 416 valence electrons. The van der Waals surface area contributed by atoms with Gasteiger partial charge in [-0.3, -0.25) is 9.59 Å². The number of carbonyl (C=O) groups excluding carboxylic acids is 2. The molecular formula is C67H118O5. The van der Waals surface area contributed by atoms with Crippen molar-refractivity contribution in [2.24, 2.45) is 0 Å². The third-order valence-electron chi connectivity index (χ3n) is 13.7. The first-order chi connectivity index (χ1) is 35.6. The van der Waals surface area contributed by atoms with E-state index in [1.807, 2.05) is 0 Å². The minimum atomic E-state index is -0.776. The van der Waals surface area contributed by atoms with Crippen molar-refractivity contribution in [1.29, 1.82) is 0 Å². The van der Waals surface area contributed by atoms with Crippen LogP contribution < -0.4 is 0 Å². The van der Waals surface area contributed by atoms with Crippen molar-refractivity contribution in [1.82, 2.24) is 0 Å². The molecule has 1 N–H and O–H groups in total. The number of allylic oxidation sites excluding steroid dienone is 14. The smallest absolute Gasteiger partial charge is 0.306 e. The number of aliphatic hydroxyl groups excluding tert-OH is 1. The Morgan fingerprint density at radius 2 is 0.597 bits per heavy atom. The monoisotopic (exact) mass is 1000 g/mol. The molecule has 0 aromatic carbocycles. The summed E-state index contributed by atoms with van der Waals surface area (Å²) in [6, 6.07) is 0. The zero-order valence-corrected chi connectivity index (χ0v) is 47.7. The predicted octanol–water partition coefficient (Wildman–Crippen LogP) is 21.3. The van der Waals surface area contributed by atoms with Gasteiger partial charge in [-0.05, 0) is 89.9 Å². The van der Waals surface area contributed by atoms with Gasteiger partial charge in [-0.25, -0.2) is 0 Å². The topological polar surface area (TPSA) is 72.8 Å². The zero-order valence-electron chi connectivity index (χ0n) is 47.7. The highest BCUT2D eigenvalue weighted by Gasteiger charge is 2.16. The van der Waals surface area contributed by atoms with Crippen LogP contribution in [-0.2, 0) is 19.1 Å². The van der Waals surface area contributed by atoms with Crippen LogP contribution in [0, 0.1) is 0 Å². The van der Waals surface area contributed by atoms with Gasteiger partial charge in [0.2, 0.25) is 0 Å². The van der Waals surface area contributed by atoms with E-state index in [4.69, 9.17) is 9.47 Å². The summed E-state index contributed by atoms with van der Waals surface area (Å²) in [6.07, 6.45) is 87.2. The fraction of sp³-hybridized carbons (Fsp3) is 0.761. The van der Waals surface area contributed by atoms with Gasteiger partial charge in [0, 0.05) is 12.8 Å². The Balaban J connectivity index is 3.46. The van der Waals surface area contributed by atoms with E-state index in [1.54, 1.807) is 0 Å². The summed E-state index contributed by atoms with van der Waals surface area (Å²) in [5.41, 5.74) is 0. The van der Waals surface area contributed by atoms with E-state index >= 15 is 0 Å². The second-order valence-corrected chi connectivity index (χ2v) is 20.8. The number of hydrogen-bond acceptors (Lipinski definition) is 5. The molecule has 0 aliphatic carbocycles. The fourth-order valence-electron chi connectivity index (χ4n) is 9.03. The molecule has 0 aromatic heterocycles. The Hall–Kier alpha value is -2.92. The Morgan fingerprint density at radius 1 is 0.333 bits per heavy atom. The lowest BCUT2D eigenvalue weighted by atomic mass is 10.0. The quantitative estimate of drug-likeness (QED) is 0.0373. The van der Waals surface area contributed by atoms with Crippen LogP contribution in [0.25, 0.3) is 0 Å². The van der Waals surface area contributed by atoms with Crippen molar-refractivity contribution in [3.05, 3.63) is 85.1 Å². The molecule has 0 fully saturated rings. The van der Waals surface area contributed by atoms with Crippen LogP contribution >= 0.6 is 0 Å². The Bertz CT molecular complexity index is 1320. The molecule has 72 heavy (non-hydrogen) atoms. The van der Waals surface area contributed by atoms with Crippen LogP contribution in [0.5, 0.6) is 0 Å². The molecule has 5 heteroatoms. The van der Waals surface area contributed by atoms with E-state index in [1.165, 1.54) is 205 Å². The summed E-state index contributed by atoms with van der Waals surface area (Å²) < 4.78 is 10.7. The largest absolute Gasteiger partial charge is 0.462 e. The molecular weight excluding hydrogens is 885 g/mol. The molecule has 1 unspecified atom stereocenters. The summed E-state index contributed by atoms with van der Waals surface area (Å²) in [4.78, 5) is 24.6. The maximum absolute atomic E-state index is 12.3. The molecule has 5 nitrogen and oxygen atoms in total. The molecule has 1 atom stereocenters. The summed E-state index contributed by atoms with van der Waals surface area (Å²) in [5, 5.41) is 9.68. The second kappa shape index (κ2) is 62.4. The van der Waals surface area contributed by atoms with E-state index in [9.17, 15) is 14.7 Å². The number of esters is 2. The first-order valence-corrected chi connectivity index (χ1v) is 31.1. The van der Waals surface area contributed by atoms with E-state index in [2.05, 4.69) is 98.9 Å². The lowest BCUT2D eigenvalue weighted by Gasteiger charge is -2.15. The van der Waals surface area contributed by atoms with Crippen LogP contribution in [0.4, 0.5) is 0 Å². The summed E-state index contributed by atoms with van der Waals surface area (Å²) in [6.45, 7) is 4.05. The number of carbonyl (C=O) groups is 2. The Morgan fingerprint density at radius 3 is 0.903 bits per heavy atom. The maximum Gasteiger partial charge on any atom is 0.306 e. The highest BCUT2D eigenvalue weighted by molar-refractivity contribution is 5.70. The van der Waals surface area contributed by atoms with Crippen molar-refractivity contribution in [2.45, 2.75) is 315 Å². The van der Waals surface area contributed by atoms with Crippen molar-refractivity contribution in [3.8, 4) is 0 Å². The minimum absolute atomic E-state index is 0.0667. The molecule has 0 heterocycles. The number of unbranched alkanes of at least 4 members (excludes halogenated alkanes) is 35. The zero-order chi connectivity index (χ0) is 52.0. The molecule has 0 aromatic rings. The van der Waals surface area contributed by atoms with Gasteiger partial charge in [-0.2, -0.15) is 0 Å². The third kappa shape index (κ3) is 59.6. The predicted molar refractivity (Wildman–Crippen MR) is 316 cm³/mol. The maximum atomic E-state index is 12.3. The van der Waals surface area contributed by atoms with Gasteiger partial charge in [-0.15, -0.1) is 0 Å². The third-order valence-corrected chi connectivity index (χ3v) is 13.7. The highest BCUT2D eigenvalue weighted by atomic mass is 16.6. The normalized spacial score (nSPS) is 12.8. The number of ether oxygens (including phenoxy) is 2. The highest BCUT2D eigenvalue weighted by Crippen LogP contribution is 2.17. The number of aliphatic hydroxyl groups is 1. The van der Waals surface area contributed by atoms with Gasteiger partial charge in [0.05, 0.1) is 6.61 Å². The average molecular weight is 1000 g/mol. The van der Waals surface area contributed by atoms with Crippen molar-refractivity contribution in [2.75, 3.05) is 13.2 Å². The standard InChI is InChI=1S/C67H118O5/c1-3-5-7-9-11-13-15-17-19-21-23-25-27-29-31-32-33-34-36-38-40-42-44-46-48-50-52-54-56-58-60-62-67(70)72-65(63-68)64-71-66(69)61-59-57-55-53-51-49-47-45-43-41-39-37-35-30-28-26-24-22-20-18-16-14-12-10-8-6-4-2/h5,7,11,13,16-19,22-25,28,30,65,68H,3-4,6,8-10,12,14-15,20-21,26-27,29,31-64H2,1-2H3/b7-5-,13-11-,18-16-,19-17-,24-22-,25-23-,30-28-. The van der Waals surface area contributed by atoms with Crippen LogP contribution in [0.15, 0.2) is 85.1 Å². The first-order valence-electron chi connectivity index (χ1n) is 31.1. The lowest BCUT2D eigenvalue weighted by molar-refractivity contribution is -0.161. The second-order valence-electron chi connectivity index (χ2n) is 20.8. The van der Waals surface area contributed by atoms with Gasteiger partial charge in [0.25, 0.3) is 0 Å². The fourth-order valence-corrected chi connectivity index (χ4v) is 9.03. The van der Waals surface area contributed by atoms with E-state index in [-0.39, 0.29) is 25.2 Å².